The van der Waals surface area contributed by atoms with Crippen molar-refractivity contribution in [2.24, 2.45) is 0 Å². The average Bonchev–Trinajstić information content (AvgIpc) is 2.42. The van der Waals surface area contributed by atoms with Gasteiger partial charge in [-0.05, 0) is 18.2 Å². The van der Waals surface area contributed by atoms with Crippen molar-refractivity contribution in [2.75, 3.05) is 13.1 Å². The van der Waals surface area contributed by atoms with Gasteiger partial charge in [0.1, 0.15) is 0 Å². The molecule has 0 aliphatic heterocycles. The molecule has 0 N–H and O–H groups in total. The Balaban J connectivity index is 2.85. The van der Waals surface area contributed by atoms with Crippen molar-refractivity contribution < 1.29 is 8.42 Å². The Kier molecular flexibility index (Phi) is 6.40. The maximum atomic E-state index is 12.5. The summed E-state index contributed by atoms with van der Waals surface area (Å²) in [6.07, 6.45) is 9.27. The molecular weight excluding hydrogens is 298 g/mol. The van der Waals surface area contributed by atoms with E-state index in [-0.39, 0.29) is 11.4 Å². The minimum Gasteiger partial charge on any atom is -0.207 e. The highest BCUT2D eigenvalue weighted by Crippen LogP contribution is 2.15. The number of allylic oxidation sites excluding steroid dienone is 1. The van der Waals surface area contributed by atoms with Crippen LogP contribution in [0.15, 0.2) is 47.4 Å². The van der Waals surface area contributed by atoms with Crippen LogP contribution in [0.5, 0.6) is 0 Å². The van der Waals surface area contributed by atoms with Gasteiger partial charge in [-0.1, -0.05) is 55.9 Å². The van der Waals surface area contributed by atoms with E-state index in [0.29, 0.717) is 6.54 Å². The summed E-state index contributed by atoms with van der Waals surface area (Å²) in [5, 5.41) is 0. The average molecular weight is 322 g/mol. The van der Waals surface area contributed by atoms with Gasteiger partial charge in [-0.3, -0.25) is 0 Å². The van der Waals surface area contributed by atoms with E-state index in [1.165, 1.54) is 4.31 Å². The molecule has 5 heteroatoms. The predicted octanol–water partition coefficient (Wildman–Crippen LogP) is 3.20. The third-order valence-corrected chi connectivity index (χ3v) is 6.14. The minimum atomic E-state index is -3.53. The normalized spacial score (nSPS) is 12.7. The second-order valence-electron chi connectivity index (χ2n) is 6.05. The summed E-state index contributed by atoms with van der Waals surface area (Å²) in [5.41, 5.74) is 0. The van der Waals surface area contributed by atoms with Crippen molar-refractivity contribution in [3.05, 3.63) is 42.5 Å². The van der Waals surface area contributed by atoms with E-state index in [1.54, 1.807) is 30.3 Å². The first kappa shape index (κ1) is 17.7. The largest absolute Gasteiger partial charge is 0.244 e. The predicted molar refractivity (Wildman–Crippen MR) is 91.3 cm³/mol. The third kappa shape index (κ3) is 5.88. The maximum absolute atomic E-state index is 12.5. The van der Waals surface area contributed by atoms with E-state index in [1.807, 2.05) is 6.08 Å². The number of rotatable bonds is 7. The van der Waals surface area contributed by atoms with Crippen LogP contribution in [-0.4, -0.2) is 33.9 Å². The van der Waals surface area contributed by atoms with Gasteiger partial charge in [0.05, 0.1) is 11.4 Å². The van der Waals surface area contributed by atoms with E-state index in [2.05, 4.69) is 31.6 Å². The molecule has 1 aromatic rings. The van der Waals surface area contributed by atoms with Crippen LogP contribution in [0, 0.1) is 12.3 Å². The first-order valence-electron chi connectivity index (χ1n) is 6.91. The fourth-order valence-corrected chi connectivity index (χ4v) is 3.92. The smallest absolute Gasteiger partial charge is 0.207 e. The van der Waals surface area contributed by atoms with Crippen molar-refractivity contribution >= 4 is 18.1 Å². The molecule has 1 aromatic carbocycles. The van der Waals surface area contributed by atoms with Crippen molar-refractivity contribution in [3.63, 3.8) is 0 Å². The molecule has 3 nitrogen and oxygen atoms in total. The molecule has 0 saturated heterocycles. The zero-order valence-electron chi connectivity index (χ0n) is 12.9. The van der Waals surface area contributed by atoms with Crippen LogP contribution in [0.3, 0.4) is 0 Å². The van der Waals surface area contributed by atoms with Crippen LogP contribution in [0.1, 0.15) is 0 Å². The number of sulfonamides is 1. The summed E-state index contributed by atoms with van der Waals surface area (Å²) < 4.78 is 26.4. The molecule has 0 atom stereocenters. The lowest BCUT2D eigenvalue weighted by molar-refractivity contribution is 0.478. The van der Waals surface area contributed by atoms with Gasteiger partial charge in [0.2, 0.25) is 10.0 Å². The van der Waals surface area contributed by atoms with Crippen molar-refractivity contribution in [1.29, 1.82) is 0 Å². The molecular formula is C16H23NO2SSi. The van der Waals surface area contributed by atoms with Gasteiger partial charge in [0.25, 0.3) is 0 Å². The van der Waals surface area contributed by atoms with E-state index in [9.17, 15) is 8.42 Å². The fourth-order valence-electron chi connectivity index (χ4n) is 1.72. The van der Waals surface area contributed by atoms with Crippen LogP contribution in [-0.2, 0) is 10.0 Å². The third-order valence-electron chi connectivity index (χ3n) is 2.85. The molecule has 1 rings (SSSR count). The quantitative estimate of drug-likeness (QED) is 0.439. The number of hydrogen-bond acceptors (Lipinski definition) is 2. The Morgan fingerprint density at radius 1 is 1.19 bits per heavy atom. The molecule has 0 saturated carbocycles. The molecule has 114 valence electrons. The Labute approximate surface area is 129 Å². The fraction of sp³-hybridized carbons (Fsp3) is 0.375. The lowest BCUT2D eigenvalue weighted by Gasteiger charge is -2.18. The van der Waals surface area contributed by atoms with Gasteiger partial charge in [-0.2, -0.15) is 4.31 Å². The van der Waals surface area contributed by atoms with Crippen LogP contribution in [0.4, 0.5) is 0 Å². The van der Waals surface area contributed by atoms with Crippen molar-refractivity contribution in [3.8, 4) is 12.3 Å². The number of nitrogens with zero attached hydrogens (tertiary/aromatic N) is 1. The first-order chi connectivity index (χ1) is 9.77. The highest BCUT2D eigenvalue weighted by Gasteiger charge is 2.22. The molecule has 0 aliphatic rings. The zero-order chi connectivity index (χ0) is 15.9. The summed E-state index contributed by atoms with van der Waals surface area (Å²) in [4.78, 5) is 0.277. The molecule has 21 heavy (non-hydrogen) atoms. The number of benzene rings is 1. The van der Waals surface area contributed by atoms with E-state index >= 15 is 0 Å². The van der Waals surface area contributed by atoms with Gasteiger partial charge in [-0.15, -0.1) is 6.42 Å². The Hall–Kier alpha value is -1.35. The molecule has 0 amide bonds. The summed E-state index contributed by atoms with van der Waals surface area (Å²) in [6, 6.07) is 9.42. The van der Waals surface area contributed by atoms with Gasteiger partial charge in [0.15, 0.2) is 0 Å². The molecule has 0 fully saturated rings. The van der Waals surface area contributed by atoms with E-state index in [0.717, 1.165) is 6.04 Å². The van der Waals surface area contributed by atoms with Gasteiger partial charge < -0.3 is 0 Å². The van der Waals surface area contributed by atoms with Gasteiger partial charge >= 0.3 is 0 Å². The summed E-state index contributed by atoms with van der Waals surface area (Å²) >= 11 is 0. The van der Waals surface area contributed by atoms with Gasteiger partial charge in [0, 0.05) is 14.6 Å². The highest BCUT2D eigenvalue weighted by atomic mass is 32.2. The van der Waals surface area contributed by atoms with Crippen LogP contribution in [0.25, 0.3) is 0 Å². The summed E-state index contributed by atoms with van der Waals surface area (Å²) in [5.74, 6) is 2.42. The molecule has 0 aromatic heterocycles. The second-order valence-corrected chi connectivity index (χ2v) is 13.5. The second kappa shape index (κ2) is 7.60. The maximum Gasteiger partial charge on any atom is 0.244 e. The topological polar surface area (TPSA) is 37.4 Å². The molecule has 0 bridgehead atoms. The Morgan fingerprint density at radius 3 is 2.33 bits per heavy atom. The Morgan fingerprint density at radius 2 is 1.81 bits per heavy atom. The van der Waals surface area contributed by atoms with E-state index < -0.39 is 18.1 Å². The van der Waals surface area contributed by atoms with Crippen LogP contribution < -0.4 is 0 Å². The summed E-state index contributed by atoms with van der Waals surface area (Å²) in [7, 11) is -4.68. The standard InChI is InChI=1S/C16H23NO2SSi/c1-5-13-17(14-9-10-15-21(2,3)4)20(18,19)16-11-7-6-8-12-16/h1,6-12H,13-15H2,2-4H3/b10-9+. The minimum absolute atomic E-state index is 0.0779. The first-order valence-corrected chi connectivity index (χ1v) is 12.1. The lowest BCUT2D eigenvalue weighted by atomic mass is 10.4. The monoisotopic (exact) mass is 321 g/mol. The highest BCUT2D eigenvalue weighted by molar-refractivity contribution is 7.89. The molecule has 0 radical (unpaired) electrons. The van der Waals surface area contributed by atoms with Crippen LogP contribution in [0.2, 0.25) is 25.7 Å². The lowest BCUT2D eigenvalue weighted by Crippen LogP contribution is -2.31. The van der Waals surface area contributed by atoms with Crippen LogP contribution >= 0.6 is 0 Å². The number of terminal acetylenes is 1. The van der Waals surface area contributed by atoms with E-state index in [4.69, 9.17) is 6.42 Å². The van der Waals surface area contributed by atoms with Crippen molar-refractivity contribution in [1.82, 2.24) is 4.31 Å². The molecule has 0 unspecified atom stereocenters. The molecule has 0 heterocycles. The Bertz CT molecular complexity index is 610. The molecule has 0 spiro atoms. The molecule has 0 aliphatic carbocycles. The summed E-state index contributed by atoms with van der Waals surface area (Å²) in [6.45, 7) is 7.21. The van der Waals surface area contributed by atoms with Gasteiger partial charge in [-0.25, -0.2) is 8.42 Å². The SMILES string of the molecule is C#CCN(C/C=C/C[Si](C)(C)C)S(=O)(=O)c1ccccc1. The van der Waals surface area contributed by atoms with Crippen molar-refractivity contribution in [2.45, 2.75) is 30.6 Å². The zero-order valence-corrected chi connectivity index (χ0v) is 14.7. The number of hydrogen-bond donors (Lipinski definition) is 0.